The van der Waals surface area contributed by atoms with Gasteiger partial charge >= 0.3 is 0 Å². The molecule has 9 heteroatoms. The molecule has 5 rings (SSSR count). The number of aromatic nitrogens is 4. The Labute approximate surface area is 202 Å². The second kappa shape index (κ2) is 9.15. The Kier molecular flexibility index (Phi) is 6.05. The number of fused-ring (bicyclic) bond motifs is 1. The van der Waals surface area contributed by atoms with Crippen molar-refractivity contribution < 1.29 is 4.79 Å². The zero-order chi connectivity index (χ0) is 23.8. The van der Waals surface area contributed by atoms with Gasteiger partial charge in [-0.1, -0.05) is 30.3 Å². The van der Waals surface area contributed by atoms with Crippen molar-refractivity contribution in [2.75, 3.05) is 26.2 Å². The van der Waals surface area contributed by atoms with Crippen LogP contribution >= 0.6 is 11.3 Å². The molecule has 3 aromatic heterocycles. The zero-order valence-corrected chi connectivity index (χ0v) is 20.5. The van der Waals surface area contributed by atoms with Gasteiger partial charge in [-0.15, -0.1) is 11.3 Å². The third-order valence-corrected chi connectivity index (χ3v) is 7.26. The molecule has 0 unspecified atom stereocenters. The predicted octanol–water partition coefficient (Wildman–Crippen LogP) is 2.66. The van der Waals surface area contributed by atoms with Crippen molar-refractivity contribution in [1.29, 1.82) is 0 Å². The van der Waals surface area contributed by atoms with Gasteiger partial charge in [-0.2, -0.15) is 5.10 Å². The molecular formula is C25H28N6O2S. The monoisotopic (exact) mass is 476 g/mol. The molecular weight excluding hydrogens is 448 g/mol. The number of hydrogen-bond donors (Lipinski definition) is 0. The van der Waals surface area contributed by atoms with Gasteiger partial charge in [0.25, 0.3) is 5.56 Å². The lowest BCUT2D eigenvalue weighted by atomic mass is 10.1. The maximum Gasteiger partial charge on any atom is 0.268 e. The van der Waals surface area contributed by atoms with E-state index in [2.05, 4.69) is 39.2 Å². The number of nitrogens with zero attached hydrogens (tertiary/aromatic N) is 6. The van der Waals surface area contributed by atoms with Crippen molar-refractivity contribution in [3.8, 4) is 11.3 Å². The van der Waals surface area contributed by atoms with Crippen molar-refractivity contribution in [1.82, 2.24) is 29.0 Å². The van der Waals surface area contributed by atoms with Crippen LogP contribution in [0.5, 0.6) is 0 Å². The van der Waals surface area contributed by atoms with Gasteiger partial charge in [-0.25, -0.2) is 4.98 Å². The lowest BCUT2D eigenvalue weighted by molar-refractivity contribution is -0.132. The second-order valence-electron chi connectivity index (χ2n) is 8.84. The fraction of sp³-hybridized carbons (Fsp3) is 0.360. The van der Waals surface area contributed by atoms with E-state index < -0.39 is 0 Å². The molecule has 1 aliphatic heterocycles. The number of thiazole rings is 1. The van der Waals surface area contributed by atoms with E-state index in [1.165, 1.54) is 16.9 Å². The van der Waals surface area contributed by atoms with Crippen LogP contribution in [0.15, 0.2) is 46.6 Å². The summed E-state index contributed by atoms with van der Waals surface area (Å²) in [6.07, 6.45) is 0.188. The Balaban J connectivity index is 1.33. The van der Waals surface area contributed by atoms with Crippen LogP contribution in [0.1, 0.15) is 22.6 Å². The fourth-order valence-electron chi connectivity index (χ4n) is 4.63. The lowest BCUT2D eigenvalue weighted by Gasteiger charge is -2.34. The Hall–Kier alpha value is -3.30. The summed E-state index contributed by atoms with van der Waals surface area (Å²) in [6, 6.07) is 12.3. The van der Waals surface area contributed by atoms with Gasteiger partial charge in [0.15, 0.2) is 4.96 Å². The van der Waals surface area contributed by atoms with Crippen molar-refractivity contribution in [3.63, 3.8) is 0 Å². The van der Waals surface area contributed by atoms with Gasteiger partial charge < -0.3 is 4.90 Å². The second-order valence-corrected chi connectivity index (χ2v) is 9.67. The molecule has 8 nitrogen and oxygen atoms in total. The molecule has 1 fully saturated rings. The van der Waals surface area contributed by atoms with E-state index in [1.54, 1.807) is 9.08 Å². The SMILES string of the molecule is Cc1cc(-c2c(C)nc3scc(CC(=O)N4CCN(Cc5ccccc5)CC4)n3c2=O)n(C)n1. The molecule has 4 heterocycles. The summed E-state index contributed by atoms with van der Waals surface area (Å²) in [5.41, 5.74) is 4.60. The third-order valence-electron chi connectivity index (χ3n) is 6.39. The van der Waals surface area contributed by atoms with E-state index in [9.17, 15) is 9.59 Å². The molecule has 34 heavy (non-hydrogen) atoms. The van der Waals surface area contributed by atoms with Gasteiger partial charge in [0.05, 0.1) is 29.1 Å². The van der Waals surface area contributed by atoms with Crippen molar-refractivity contribution in [2.24, 2.45) is 7.05 Å². The molecule has 1 aromatic carbocycles. The minimum Gasteiger partial charge on any atom is -0.340 e. The van der Waals surface area contributed by atoms with E-state index in [0.717, 1.165) is 31.0 Å². The molecule has 1 saturated heterocycles. The predicted molar refractivity (Wildman–Crippen MR) is 133 cm³/mol. The number of amides is 1. The van der Waals surface area contributed by atoms with E-state index in [-0.39, 0.29) is 17.9 Å². The largest absolute Gasteiger partial charge is 0.340 e. The van der Waals surface area contributed by atoms with E-state index in [0.29, 0.717) is 35.0 Å². The van der Waals surface area contributed by atoms with Crippen LogP contribution in [-0.4, -0.2) is 61.1 Å². The highest BCUT2D eigenvalue weighted by molar-refractivity contribution is 7.15. The topological polar surface area (TPSA) is 75.7 Å². The van der Waals surface area contributed by atoms with E-state index in [1.807, 2.05) is 43.3 Å². The molecule has 1 amide bonds. The number of hydrogen-bond acceptors (Lipinski definition) is 6. The van der Waals surface area contributed by atoms with Crippen LogP contribution in [0, 0.1) is 13.8 Å². The molecule has 0 radical (unpaired) electrons. The average Bonchev–Trinajstić information content (AvgIpc) is 3.37. The summed E-state index contributed by atoms with van der Waals surface area (Å²) < 4.78 is 3.30. The smallest absolute Gasteiger partial charge is 0.268 e. The van der Waals surface area contributed by atoms with Crippen LogP contribution < -0.4 is 5.56 Å². The highest BCUT2D eigenvalue weighted by Gasteiger charge is 2.24. The summed E-state index contributed by atoms with van der Waals surface area (Å²) >= 11 is 1.40. The first-order chi connectivity index (χ1) is 16.4. The molecule has 176 valence electrons. The minimum absolute atomic E-state index is 0.0458. The summed E-state index contributed by atoms with van der Waals surface area (Å²) in [5, 5.41) is 6.26. The molecule has 0 bridgehead atoms. The maximum atomic E-state index is 13.5. The number of benzene rings is 1. The maximum absolute atomic E-state index is 13.5. The number of carbonyl (C=O) groups is 1. The van der Waals surface area contributed by atoms with Gasteiger partial charge in [0.2, 0.25) is 5.91 Å². The third kappa shape index (κ3) is 4.28. The summed E-state index contributed by atoms with van der Waals surface area (Å²) in [7, 11) is 1.82. The Bertz CT molecular complexity index is 1400. The normalized spacial score (nSPS) is 14.7. The summed E-state index contributed by atoms with van der Waals surface area (Å²) in [5.74, 6) is 0.0458. The van der Waals surface area contributed by atoms with Gasteiger partial charge in [0.1, 0.15) is 0 Å². The highest BCUT2D eigenvalue weighted by atomic mass is 32.1. The molecule has 0 atom stereocenters. The first-order valence-corrected chi connectivity index (χ1v) is 12.3. The molecule has 0 aliphatic carbocycles. The van der Waals surface area contributed by atoms with Gasteiger partial charge in [-0.3, -0.25) is 23.6 Å². The quantitative estimate of drug-likeness (QED) is 0.443. The summed E-state index contributed by atoms with van der Waals surface area (Å²) in [4.78, 5) is 36.2. The lowest BCUT2D eigenvalue weighted by Crippen LogP contribution is -2.48. The van der Waals surface area contributed by atoms with E-state index >= 15 is 0 Å². The summed E-state index contributed by atoms with van der Waals surface area (Å²) in [6.45, 7) is 7.72. The average molecular weight is 477 g/mol. The molecule has 0 N–H and O–H groups in total. The zero-order valence-electron chi connectivity index (χ0n) is 19.7. The van der Waals surface area contributed by atoms with Crippen LogP contribution in [0.4, 0.5) is 0 Å². The fourth-order valence-corrected chi connectivity index (χ4v) is 5.56. The van der Waals surface area contributed by atoms with Crippen LogP contribution in [-0.2, 0) is 24.8 Å². The minimum atomic E-state index is -0.151. The molecule has 0 spiro atoms. The number of piperazine rings is 1. The standard InChI is InChI=1S/C25H28N6O2S/c1-17-13-21(28(3)27-17)23-18(2)26-25-31(24(23)33)20(16-34-25)14-22(32)30-11-9-29(10-12-30)15-19-7-5-4-6-8-19/h4-8,13,16H,9-12,14-15H2,1-3H3. The van der Waals surface area contributed by atoms with Gasteiger partial charge in [0, 0.05) is 50.8 Å². The van der Waals surface area contributed by atoms with Gasteiger partial charge in [-0.05, 0) is 25.5 Å². The first-order valence-electron chi connectivity index (χ1n) is 11.5. The Morgan fingerprint density at radius 1 is 1.09 bits per heavy atom. The van der Waals surface area contributed by atoms with Crippen molar-refractivity contribution in [2.45, 2.75) is 26.8 Å². The highest BCUT2D eigenvalue weighted by Crippen LogP contribution is 2.23. The Morgan fingerprint density at radius 2 is 1.82 bits per heavy atom. The van der Waals surface area contributed by atoms with Crippen LogP contribution in [0.2, 0.25) is 0 Å². The molecule has 0 saturated carbocycles. The Morgan fingerprint density at radius 3 is 2.50 bits per heavy atom. The first kappa shape index (κ1) is 22.5. The number of aryl methyl sites for hydroxylation is 3. The van der Waals surface area contributed by atoms with Crippen molar-refractivity contribution >= 4 is 22.2 Å². The van der Waals surface area contributed by atoms with E-state index in [4.69, 9.17) is 0 Å². The van der Waals surface area contributed by atoms with Crippen molar-refractivity contribution in [3.05, 3.63) is 74.8 Å². The molecule has 1 aliphatic rings. The number of rotatable bonds is 5. The van der Waals surface area contributed by atoms with Crippen LogP contribution in [0.3, 0.4) is 0 Å². The van der Waals surface area contributed by atoms with Crippen LogP contribution in [0.25, 0.3) is 16.2 Å². The molecule has 4 aromatic rings. The number of carbonyl (C=O) groups excluding carboxylic acids is 1.